The van der Waals surface area contributed by atoms with Gasteiger partial charge in [-0.2, -0.15) is 0 Å². The molecule has 0 aliphatic heterocycles. The molecule has 0 fully saturated rings. The van der Waals surface area contributed by atoms with Gasteiger partial charge in [0.1, 0.15) is 5.76 Å². The molecule has 2 aromatic rings. The molecule has 0 radical (unpaired) electrons. The molecule has 0 unspecified atom stereocenters. The Morgan fingerprint density at radius 2 is 2.14 bits per heavy atom. The Hall–Kier alpha value is -1.77. The molecule has 1 aromatic heterocycles. The Balaban J connectivity index is 1.96. The molecule has 6 nitrogen and oxygen atoms in total. The number of hydrogen-bond donors (Lipinski definition) is 2. The van der Waals surface area contributed by atoms with E-state index in [0.717, 1.165) is 5.76 Å². The number of primary sulfonamides is 1. The van der Waals surface area contributed by atoms with Crippen molar-refractivity contribution in [2.75, 3.05) is 5.32 Å². The average molecular weight is 340 g/mol. The monoisotopic (exact) mass is 340 g/mol. The van der Waals surface area contributed by atoms with Crippen molar-refractivity contribution in [2.45, 2.75) is 22.8 Å². The largest absolute Gasteiger partial charge is 0.468 e. The molecule has 1 atom stereocenters. The van der Waals surface area contributed by atoms with Gasteiger partial charge in [0.15, 0.2) is 0 Å². The highest BCUT2D eigenvalue weighted by Crippen LogP contribution is 2.20. The number of hydrogen-bond acceptors (Lipinski definition) is 5. The molecular weight excluding hydrogens is 324 g/mol. The summed E-state index contributed by atoms with van der Waals surface area (Å²) in [7, 11) is -3.79. The smallest absolute Gasteiger partial charge is 0.238 e. The van der Waals surface area contributed by atoms with Crippen LogP contribution in [0.5, 0.6) is 0 Å². The van der Waals surface area contributed by atoms with Crippen molar-refractivity contribution in [3.05, 3.63) is 48.4 Å². The predicted octanol–water partition coefficient (Wildman–Crippen LogP) is 2.19. The van der Waals surface area contributed by atoms with Crippen molar-refractivity contribution >= 4 is 33.4 Å². The van der Waals surface area contributed by atoms with Crippen LogP contribution >= 0.6 is 11.8 Å². The van der Waals surface area contributed by atoms with E-state index in [2.05, 4.69) is 5.32 Å². The lowest BCUT2D eigenvalue weighted by Gasteiger charge is -2.12. The van der Waals surface area contributed by atoms with Crippen molar-refractivity contribution in [1.82, 2.24) is 0 Å². The summed E-state index contributed by atoms with van der Waals surface area (Å²) in [5.74, 6) is 1.16. The molecule has 0 saturated heterocycles. The van der Waals surface area contributed by atoms with Crippen LogP contribution in [0.4, 0.5) is 5.69 Å². The van der Waals surface area contributed by atoms with Gasteiger partial charge in [-0.05, 0) is 37.3 Å². The third kappa shape index (κ3) is 4.62. The van der Waals surface area contributed by atoms with Gasteiger partial charge in [0.2, 0.25) is 15.9 Å². The zero-order valence-corrected chi connectivity index (χ0v) is 13.5. The van der Waals surface area contributed by atoms with Gasteiger partial charge in [0, 0.05) is 5.69 Å². The highest BCUT2D eigenvalue weighted by molar-refractivity contribution is 7.99. The Bertz CT molecular complexity index is 742. The number of sulfonamides is 1. The molecular formula is C14H16N2O4S2. The van der Waals surface area contributed by atoms with Crippen molar-refractivity contribution in [3.8, 4) is 0 Å². The molecule has 1 heterocycles. The summed E-state index contributed by atoms with van der Waals surface area (Å²) in [6, 6.07) is 9.47. The van der Waals surface area contributed by atoms with Gasteiger partial charge in [0.25, 0.3) is 0 Å². The summed E-state index contributed by atoms with van der Waals surface area (Å²) in [5.41, 5.74) is 0.391. The van der Waals surface area contributed by atoms with Crippen LogP contribution in [-0.4, -0.2) is 19.6 Å². The van der Waals surface area contributed by atoms with Crippen molar-refractivity contribution in [1.29, 1.82) is 0 Å². The number of benzene rings is 1. The minimum atomic E-state index is -3.79. The average Bonchev–Trinajstić information content (AvgIpc) is 2.97. The van der Waals surface area contributed by atoms with E-state index in [1.54, 1.807) is 25.3 Å². The SMILES string of the molecule is C[C@H](SCc1ccco1)C(=O)Nc1cccc(S(N)(=O)=O)c1. The molecule has 3 N–H and O–H groups in total. The van der Waals surface area contributed by atoms with Gasteiger partial charge < -0.3 is 9.73 Å². The third-order valence-electron chi connectivity index (χ3n) is 2.86. The first-order valence-corrected chi connectivity index (χ1v) is 9.03. The van der Waals surface area contributed by atoms with E-state index in [1.165, 1.54) is 30.0 Å². The summed E-state index contributed by atoms with van der Waals surface area (Å²) >= 11 is 1.42. The normalized spacial score (nSPS) is 12.8. The number of rotatable bonds is 6. The Morgan fingerprint density at radius 3 is 2.77 bits per heavy atom. The number of furan rings is 1. The fourth-order valence-electron chi connectivity index (χ4n) is 1.67. The molecule has 22 heavy (non-hydrogen) atoms. The van der Waals surface area contributed by atoms with Crippen molar-refractivity contribution < 1.29 is 17.6 Å². The van der Waals surface area contributed by atoms with Gasteiger partial charge in [-0.25, -0.2) is 13.6 Å². The molecule has 1 amide bonds. The van der Waals surface area contributed by atoms with Crippen molar-refractivity contribution in [2.24, 2.45) is 5.14 Å². The van der Waals surface area contributed by atoms with E-state index in [1.807, 2.05) is 6.07 Å². The van der Waals surface area contributed by atoms with Crippen LogP contribution in [0.3, 0.4) is 0 Å². The number of amides is 1. The molecule has 0 aliphatic rings. The summed E-state index contributed by atoms with van der Waals surface area (Å²) in [5, 5.41) is 7.42. The second-order valence-electron chi connectivity index (χ2n) is 4.59. The Morgan fingerprint density at radius 1 is 1.36 bits per heavy atom. The van der Waals surface area contributed by atoms with E-state index in [0.29, 0.717) is 11.4 Å². The van der Waals surface area contributed by atoms with Gasteiger partial charge in [-0.1, -0.05) is 6.07 Å². The van der Waals surface area contributed by atoms with Crippen LogP contribution in [0.2, 0.25) is 0 Å². The quantitative estimate of drug-likeness (QED) is 0.839. The summed E-state index contributed by atoms with van der Waals surface area (Å²) < 4.78 is 27.8. The minimum absolute atomic E-state index is 0.0406. The number of carbonyl (C=O) groups excluding carboxylic acids is 1. The summed E-state index contributed by atoms with van der Waals surface area (Å²) in [6.07, 6.45) is 1.58. The van der Waals surface area contributed by atoms with Crippen LogP contribution in [0, 0.1) is 0 Å². The van der Waals surface area contributed by atoms with E-state index >= 15 is 0 Å². The maximum atomic E-state index is 12.1. The first kappa shape index (κ1) is 16.6. The summed E-state index contributed by atoms with van der Waals surface area (Å²) in [6.45, 7) is 1.77. The van der Waals surface area contributed by atoms with Crippen LogP contribution in [0.15, 0.2) is 52.0 Å². The maximum Gasteiger partial charge on any atom is 0.238 e. The lowest BCUT2D eigenvalue weighted by Crippen LogP contribution is -2.23. The van der Waals surface area contributed by atoms with Crippen LogP contribution < -0.4 is 10.5 Å². The fourth-order valence-corrected chi connectivity index (χ4v) is 3.02. The number of nitrogens with one attached hydrogen (secondary N) is 1. The number of anilines is 1. The van der Waals surface area contributed by atoms with Gasteiger partial charge in [-0.15, -0.1) is 11.8 Å². The second-order valence-corrected chi connectivity index (χ2v) is 7.49. The predicted molar refractivity (Wildman–Crippen MR) is 85.9 cm³/mol. The topological polar surface area (TPSA) is 102 Å². The van der Waals surface area contributed by atoms with E-state index in [9.17, 15) is 13.2 Å². The van der Waals surface area contributed by atoms with Gasteiger partial charge in [-0.3, -0.25) is 4.79 Å². The third-order valence-corrected chi connectivity index (χ3v) is 4.93. The molecule has 0 bridgehead atoms. The molecule has 0 saturated carbocycles. The highest BCUT2D eigenvalue weighted by atomic mass is 32.2. The number of nitrogens with two attached hydrogens (primary N) is 1. The lowest BCUT2D eigenvalue weighted by molar-refractivity contribution is -0.115. The Labute approximate surface area is 133 Å². The van der Waals surface area contributed by atoms with E-state index < -0.39 is 10.0 Å². The Kier molecular flexibility index (Phi) is 5.28. The standard InChI is InChI=1S/C14H16N2O4S2/c1-10(21-9-12-5-3-7-20-12)14(17)16-11-4-2-6-13(8-11)22(15,18)19/h2-8,10H,9H2,1H3,(H,16,17)(H2,15,18,19)/t10-/m0/s1. The summed E-state index contributed by atoms with van der Waals surface area (Å²) in [4.78, 5) is 12.0. The van der Waals surface area contributed by atoms with E-state index in [4.69, 9.17) is 9.56 Å². The van der Waals surface area contributed by atoms with Crippen LogP contribution in [0.1, 0.15) is 12.7 Å². The van der Waals surface area contributed by atoms with Crippen LogP contribution in [0.25, 0.3) is 0 Å². The minimum Gasteiger partial charge on any atom is -0.468 e. The zero-order chi connectivity index (χ0) is 16.2. The highest BCUT2D eigenvalue weighted by Gasteiger charge is 2.15. The lowest BCUT2D eigenvalue weighted by atomic mass is 10.3. The molecule has 118 valence electrons. The van der Waals surface area contributed by atoms with E-state index in [-0.39, 0.29) is 16.1 Å². The van der Waals surface area contributed by atoms with Crippen molar-refractivity contribution in [3.63, 3.8) is 0 Å². The molecule has 1 aromatic carbocycles. The number of carbonyl (C=O) groups is 1. The first-order chi connectivity index (χ1) is 10.4. The van der Waals surface area contributed by atoms with Crippen LogP contribution in [-0.2, 0) is 20.6 Å². The molecule has 8 heteroatoms. The van der Waals surface area contributed by atoms with Gasteiger partial charge in [0.05, 0.1) is 22.2 Å². The second kappa shape index (κ2) is 6.99. The maximum absolute atomic E-state index is 12.1. The van der Waals surface area contributed by atoms with Gasteiger partial charge >= 0.3 is 0 Å². The molecule has 0 spiro atoms. The molecule has 0 aliphatic carbocycles. The molecule has 2 rings (SSSR count). The number of thioether (sulfide) groups is 1. The zero-order valence-electron chi connectivity index (χ0n) is 11.9. The first-order valence-electron chi connectivity index (χ1n) is 6.44. The fraction of sp³-hybridized carbons (Fsp3) is 0.214.